The Morgan fingerprint density at radius 2 is 2.05 bits per heavy atom. The zero-order chi connectivity index (χ0) is 15.2. The molecule has 1 aliphatic rings. The lowest BCUT2D eigenvalue weighted by molar-refractivity contribution is -0.121. The van der Waals surface area contributed by atoms with Gasteiger partial charge in [-0.1, -0.05) is 13.3 Å². The minimum Gasteiger partial charge on any atom is -0.374 e. The van der Waals surface area contributed by atoms with Crippen molar-refractivity contribution in [3.63, 3.8) is 0 Å². The third kappa shape index (κ3) is 4.98. The maximum Gasteiger partial charge on any atom is 0.262 e. The molecule has 5 heteroatoms. The minimum atomic E-state index is -0.312. The Bertz CT molecular complexity index is 513. The Morgan fingerprint density at radius 1 is 1.33 bits per heavy atom. The minimum absolute atomic E-state index is 0.0983. The van der Waals surface area contributed by atoms with Crippen LogP contribution in [0.4, 0.5) is 5.69 Å². The van der Waals surface area contributed by atoms with Crippen molar-refractivity contribution < 1.29 is 4.79 Å². The van der Waals surface area contributed by atoms with Gasteiger partial charge in [0.2, 0.25) is 0 Å². The van der Waals surface area contributed by atoms with E-state index >= 15 is 0 Å². The van der Waals surface area contributed by atoms with Crippen molar-refractivity contribution in [1.82, 2.24) is 5.43 Å². The summed E-state index contributed by atoms with van der Waals surface area (Å²) < 4.78 is 1.17. The molecule has 1 amide bonds. The van der Waals surface area contributed by atoms with Gasteiger partial charge in [0.25, 0.3) is 5.91 Å². The second kappa shape index (κ2) is 7.77. The number of rotatable bonds is 4. The number of hydrazone groups is 1. The summed E-state index contributed by atoms with van der Waals surface area (Å²) in [7, 11) is 0. The maximum absolute atomic E-state index is 12.1. The average Bonchev–Trinajstić information content (AvgIpc) is 2.48. The molecule has 2 rings (SSSR count). The molecule has 0 aromatic heterocycles. The molecule has 0 saturated heterocycles. The molecule has 114 valence electrons. The van der Waals surface area contributed by atoms with Crippen LogP contribution in [-0.2, 0) is 4.79 Å². The molecule has 4 nitrogen and oxygen atoms in total. The highest BCUT2D eigenvalue weighted by Crippen LogP contribution is 2.20. The summed E-state index contributed by atoms with van der Waals surface area (Å²) in [6, 6.07) is 7.66. The van der Waals surface area contributed by atoms with E-state index in [1.54, 1.807) is 0 Å². The Kier molecular flexibility index (Phi) is 6.02. The summed E-state index contributed by atoms with van der Waals surface area (Å²) in [5.41, 5.74) is 4.76. The second-order valence-electron chi connectivity index (χ2n) is 5.60. The Morgan fingerprint density at radius 3 is 2.71 bits per heavy atom. The summed E-state index contributed by atoms with van der Waals surface area (Å²) in [5, 5.41) is 7.50. The number of benzene rings is 1. The molecule has 2 N–H and O–H groups in total. The smallest absolute Gasteiger partial charge is 0.262 e. The fourth-order valence-corrected chi connectivity index (χ4v) is 2.78. The van der Waals surface area contributed by atoms with Crippen molar-refractivity contribution in [2.75, 3.05) is 5.32 Å². The van der Waals surface area contributed by atoms with E-state index < -0.39 is 0 Å². The van der Waals surface area contributed by atoms with Gasteiger partial charge in [-0.05, 0) is 79.0 Å². The predicted molar refractivity (Wildman–Crippen MR) is 95.5 cm³/mol. The molecule has 2 atom stereocenters. The monoisotopic (exact) mass is 399 g/mol. The number of carbonyl (C=O) groups excluding carboxylic acids is 1. The number of hydrogen-bond donors (Lipinski definition) is 2. The lowest BCUT2D eigenvalue weighted by atomic mass is 9.89. The van der Waals surface area contributed by atoms with E-state index in [0.29, 0.717) is 5.92 Å². The van der Waals surface area contributed by atoms with Crippen molar-refractivity contribution in [2.24, 2.45) is 11.0 Å². The van der Waals surface area contributed by atoms with E-state index in [2.05, 4.69) is 45.4 Å². The molecule has 1 aromatic carbocycles. The van der Waals surface area contributed by atoms with Crippen LogP contribution in [0.2, 0.25) is 0 Å². The van der Waals surface area contributed by atoms with E-state index in [1.807, 2.05) is 31.2 Å². The number of carbonyl (C=O) groups is 1. The van der Waals surface area contributed by atoms with Crippen molar-refractivity contribution in [2.45, 2.75) is 45.6 Å². The lowest BCUT2D eigenvalue weighted by Crippen LogP contribution is -2.36. The molecule has 1 fully saturated rings. The molecular formula is C16H22IN3O. The summed E-state index contributed by atoms with van der Waals surface area (Å²) in [6.07, 6.45) is 4.61. The highest BCUT2D eigenvalue weighted by Gasteiger charge is 2.17. The van der Waals surface area contributed by atoms with Crippen LogP contribution in [-0.4, -0.2) is 17.7 Å². The van der Waals surface area contributed by atoms with Crippen LogP contribution in [0.25, 0.3) is 0 Å². The van der Waals surface area contributed by atoms with E-state index in [-0.39, 0.29) is 11.9 Å². The first-order valence-electron chi connectivity index (χ1n) is 7.44. The number of halogens is 1. The first kappa shape index (κ1) is 16.3. The molecule has 1 saturated carbocycles. The topological polar surface area (TPSA) is 53.5 Å². The van der Waals surface area contributed by atoms with Gasteiger partial charge in [0.15, 0.2) is 0 Å². The van der Waals surface area contributed by atoms with Crippen LogP contribution in [0.15, 0.2) is 29.4 Å². The standard InChI is InChI=1S/C16H22IN3O/c1-11-5-3-4-6-15(11)19-20-16(21)12(2)18-14-9-7-13(17)8-10-14/h7-12,18H,3-6H2,1-2H3,(H,20,21)/t11-,12+/m0/s1. The molecule has 0 spiro atoms. The third-order valence-corrected chi connectivity index (χ3v) is 4.54. The Balaban J connectivity index is 1.87. The third-order valence-electron chi connectivity index (χ3n) is 3.82. The first-order chi connectivity index (χ1) is 10.1. The number of hydrogen-bond acceptors (Lipinski definition) is 3. The van der Waals surface area contributed by atoms with Crippen molar-refractivity contribution in [3.05, 3.63) is 27.8 Å². The van der Waals surface area contributed by atoms with Gasteiger partial charge >= 0.3 is 0 Å². The summed E-state index contributed by atoms with van der Waals surface area (Å²) >= 11 is 2.26. The van der Waals surface area contributed by atoms with Gasteiger partial charge in [-0.2, -0.15) is 5.10 Å². The molecule has 0 radical (unpaired) electrons. The van der Waals surface area contributed by atoms with Crippen LogP contribution in [0, 0.1) is 9.49 Å². The molecule has 21 heavy (non-hydrogen) atoms. The van der Waals surface area contributed by atoms with Gasteiger partial charge in [0.05, 0.1) is 0 Å². The molecule has 0 aliphatic heterocycles. The summed E-state index contributed by atoms with van der Waals surface area (Å²) in [4.78, 5) is 12.1. The van der Waals surface area contributed by atoms with Gasteiger partial charge in [0, 0.05) is 15.0 Å². The molecule has 1 aliphatic carbocycles. The predicted octanol–water partition coefficient (Wildman–Crippen LogP) is 3.77. The van der Waals surface area contributed by atoms with Gasteiger partial charge in [-0.3, -0.25) is 4.79 Å². The van der Waals surface area contributed by atoms with E-state index in [0.717, 1.165) is 17.8 Å². The quantitative estimate of drug-likeness (QED) is 0.598. The zero-order valence-electron chi connectivity index (χ0n) is 12.5. The summed E-state index contributed by atoms with van der Waals surface area (Å²) in [5.74, 6) is 0.386. The van der Waals surface area contributed by atoms with Gasteiger partial charge in [0.1, 0.15) is 6.04 Å². The van der Waals surface area contributed by atoms with Crippen molar-refractivity contribution in [1.29, 1.82) is 0 Å². The number of nitrogens with one attached hydrogen (secondary N) is 2. The van der Waals surface area contributed by atoms with Crippen molar-refractivity contribution in [3.8, 4) is 0 Å². The molecule has 0 heterocycles. The highest BCUT2D eigenvalue weighted by molar-refractivity contribution is 14.1. The zero-order valence-corrected chi connectivity index (χ0v) is 14.7. The van der Waals surface area contributed by atoms with Gasteiger partial charge < -0.3 is 5.32 Å². The van der Waals surface area contributed by atoms with Crippen LogP contribution >= 0.6 is 22.6 Å². The SMILES string of the molecule is C[C@H]1CCCCC1=NNC(=O)[C@@H](C)Nc1ccc(I)cc1. The first-order valence-corrected chi connectivity index (χ1v) is 8.52. The van der Waals surface area contributed by atoms with Crippen molar-refractivity contribution >= 4 is 39.9 Å². The second-order valence-corrected chi connectivity index (χ2v) is 6.84. The normalized spacial score (nSPS) is 21.9. The van der Waals surface area contributed by atoms with Gasteiger partial charge in [-0.25, -0.2) is 5.43 Å². The molecule has 0 unspecified atom stereocenters. The lowest BCUT2D eigenvalue weighted by Gasteiger charge is -2.20. The molecular weight excluding hydrogens is 377 g/mol. The van der Waals surface area contributed by atoms with Crippen LogP contribution in [0.5, 0.6) is 0 Å². The Labute approximate surface area is 139 Å². The molecule has 1 aromatic rings. The fraction of sp³-hybridized carbons (Fsp3) is 0.500. The number of anilines is 1. The van der Waals surface area contributed by atoms with E-state index in [4.69, 9.17) is 0 Å². The van der Waals surface area contributed by atoms with E-state index in [1.165, 1.54) is 22.8 Å². The Hall–Kier alpha value is -1.11. The summed E-state index contributed by atoms with van der Waals surface area (Å²) in [6.45, 7) is 4.02. The van der Waals surface area contributed by atoms with E-state index in [9.17, 15) is 4.79 Å². The van der Waals surface area contributed by atoms with Crippen LogP contribution in [0.3, 0.4) is 0 Å². The maximum atomic E-state index is 12.1. The van der Waals surface area contributed by atoms with Crippen LogP contribution in [0.1, 0.15) is 39.5 Å². The number of amides is 1. The average molecular weight is 399 g/mol. The highest BCUT2D eigenvalue weighted by atomic mass is 127. The largest absolute Gasteiger partial charge is 0.374 e. The number of nitrogens with zero attached hydrogens (tertiary/aromatic N) is 1. The van der Waals surface area contributed by atoms with Crippen LogP contribution < -0.4 is 10.7 Å². The fourth-order valence-electron chi connectivity index (χ4n) is 2.42. The van der Waals surface area contributed by atoms with Gasteiger partial charge in [-0.15, -0.1) is 0 Å². The molecule has 0 bridgehead atoms.